The van der Waals surface area contributed by atoms with Crippen LogP contribution in [-0.2, 0) is 37.0 Å². The van der Waals surface area contributed by atoms with Gasteiger partial charge >= 0.3 is 20.9 Å². The first-order valence-corrected chi connectivity index (χ1v) is 15.8. The molecule has 37 heavy (non-hydrogen) atoms. The lowest BCUT2D eigenvalue weighted by atomic mass is 10.1. The molecule has 0 aromatic heterocycles. The minimum atomic E-state index is -3.68. The molecule has 0 bridgehead atoms. The predicted octanol–water partition coefficient (Wildman–Crippen LogP) is 7.73. The first-order valence-electron chi connectivity index (χ1n) is 13.8. The minimum Gasteiger partial charge on any atom is -0.439 e. The van der Waals surface area contributed by atoms with Crippen molar-refractivity contribution >= 4 is 8.80 Å². The maximum atomic E-state index is 6.80. The summed E-state index contributed by atoms with van der Waals surface area (Å²) in [5.41, 5.74) is 0. The minimum absolute atomic E-state index is 0.149. The molecule has 0 rings (SSSR count). The molecule has 0 aliphatic heterocycles. The topological polar surface area (TPSA) is 73.8 Å². The normalized spacial score (nSPS) is 16.6. The molecule has 1 unspecified atom stereocenters. The second-order valence-corrected chi connectivity index (χ2v) is 13.4. The van der Waals surface area contributed by atoms with Gasteiger partial charge in [0.1, 0.15) is 0 Å². The summed E-state index contributed by atoms with van der Waals surface area (Å²) < 4.78 is 50.6. The lowest BCUT2D eigenvalue weighted by molar-refractivity contribution is -0.505. The fourth-order valence-electron chi connectivity index (χ4n) is 3.43. The third kappa shape index (κ3) is 14.7. The van der Waals surface area contributed by atoms with Gasteiger partial charge in [-0.1, -0.05) is 41.5 Å². The second kappa shape index (κ2) is 17.6. The Labute approximate surface area is 228 Å². The Bertz CT molecular complexity index is 606. The summed E-state index contributed by atoms with van der Waals surface area (Å²) in [5, 5.41) is 0. The van der Waals surface area contributed by atoms with Crippen molar-refractivity contribution in [3.8, 4) is 0 Å². The van der Waals surface area contributed by atoms with E-state index in [4.69, 9.17) is 37.0 Å². The quantitative estimate of drug-likeness (QED) is 0.0819. The van der Waals surface area contributed by atoms with E-state index in [9.17, 15) is 0 Å². The Morgan fingerprint density at radius 1 is 0.649 bits per heavy atom. The van der Waals surface area contributed by atoms with Gasteiger partial charge in [-0.2, -0.15) is 0 Å². The van der Waals surface area contributed by atoms with Gasteiger partial charge in [0.25, 0.3) is 0 Å². The first kappa shape index (κ1) is 36.1. The molecule has 0 saturated carbocycles. The molecule has 0 spiro atoms. The zero-order valence-corrected chi connectivity index (χ0v) is 26.8. The van der Waals surface area contributed by atoms with E-state index in [1.54, 1.807) is 19.6 Å². The van der Waals surface area contributed by atoms with E-state index in [2.05, 4.69) is 27.7 Å². The van der Waals surface area contributed by atoms with E-state index in [-0.39, 0.29) is 30.1 Å². The molecule has 0 N–H and O–H groups in total. The molecule has 0 amide bonds. The van der Waals surface area contributed by atoms with E-state index in [0.717, 1.165) is 12.8 Å². The van der Waals surface area contributed by atoms with Crippen molar-refractivity contribution in [1.29, 1.82) is 0 Å². The SMILES string of the molecule is CCC=COC(CC(C)C)(OC=CCC)O[Si](CC(C)C)(OC)OC(OC(C)C)(OC(C)C)OC(C)C. The molecule has 0 aromatic rings. The monoisotopic (exact) mass is 548 g/mol. The summed E-state index contributed by atoms with van der Waals surface area (Å²) in [6.45, 7) is 23.7. The summed E-state index contributed by atoms with van der Waals surface area (Å²) in [6, 6.07) is 0.442. The molecule has 8 nitrogen and oxygen atoms in total. The molecule has 0 saturated heterocycles. The summed E-state index contributed by atoms with van der Waals surface area (Å²) in [6.07, 6.45) is 6.38. The van der Waals surface area contributed by atoms with Crippen LogP contribution in [0.5, 0.6) is 0 Å². The summed E-state index contributed by atoms with van der Waals surface area (Å²) in [5.74, 6) is -1.18. The van der Waals surface area contributed by atoms with Gasteiger partial charge in [-0.05, 0) is 78.4 Å². The average molecular weight is 549 g/mol. The highest BCUT2D eigenvalue weighted by Crippen LogP contribution is 2.38. The van der Waals surface area contributed by atoms with Crippen molar-refractivity contribution < 1.29 is 37.0 Å². The van der Waals surface area contributed by atoms with Crippen LogP contribution in [0.1, 0.15) is 102 Å². The van der Waals surface area contributed by atoms with Gasteiger partial charge in [0.15, 0.2) is 0 Å². The van der Waals surface area contributed by atoms with Gasteiger partial charge in [0.05, 0.1) is 37.3 Å². The van der Waals surface area contributed by atoms with Crippen LogP contribution >= 0.6 is 0 Å². The number of hydrogen-bond donors (Lipinski definition) is 0. The lowest BCUT2D eigenvalue weighted by Crippen LogP contribution is -2.62. The van der Waals surface area contributed by atoms with Crippen LogP contribution in [-0.4, -0.2) is 46.4 Å². The highest BCUT2D eigenvalue weighted by Gasteiger charge is 2.58. The van der Waals surface area contributed by atoms with Crippen molar-refractivity contribution in [3.63, 3.8) is 0 Å². The van der Waals surface area contributed by atoms with Gasteiger partial charge < -0.3 is 28.1 Å². The Balaban J connectivity index is 6.90. The average Bonchev–Trinajstić information content (AvgIpc) is 2.71. The Hall–Kier alpha value is -0.943. The fraction of sp³-hybridized carbons (Fsp3) is 0.857. The molecule has 0 aliphatic rings. The van der Waals surface area contributed by atoms with Crippen LogP contribution < -0.4 is 0 Å². The summed E-state index contributed by atoms with van der Waals surface area (Å²) >= 11 is 0. The zero-order chi connectivity index (χ0) is 28.7. The molecular weight excluding hydrogens is 492 g/mol. The molecule has 0 aliphatic carbocycles. The number of rotatable bonds is 21. The second-order valence-electron chi connectivity index (χ2n) is 10.8. The van der Waals surface area contributed by atoms with Crippen molar-refractivity contribution in [2.45, 2.75) is 139 Å². The van der Waals surface area contributed by atoms with E-state index >= 15 is 0 Å². The Morgan fingerprint density at radius 2 is 1.08 bits per heavy atom. The standard InChI is InChI=1S/C28H56O8Si/c1-14-16-18-30-27(20-22(3)4,31-19-17-15-2)35-37(29-13,21-23(5)6)36-28(32-24(7)8,33-25(9)10)34-26(11)12/h16-19,22-26H,14-15,20-21H2,1-13H3. The third-order valence-corrected chi connectivity index (χ3v) is 7.64. The van der Waals surface area contributed by atoms with E-state index in [1.807, 2.05) is 67.5 Å². The van der Waals surface area contributed by atoms with E-state index < -0.39 is 20.9 Å². The van der Waals surface area contributed by atoms with Crippen LogP contribution in [0, 0.1) is 11.8 Å². The van der Waals surface area contributed by atoms with Crippen LogP contribution in [0.15, 0.2) is 24.7 Å². The maximum absolute atomic E-state index is 6.80. The van der Waals surface area contributed by atoms with Gasteiger partial charge in [0, 0.05) is 13.2 Å². The van der Waals surface area contributed by atoms with Gasteiger partial charge in [-0.25, -0.2) is 0 Å². The molecular formula is C28H56O8Si. The molecule has 0 heterocycles. The summed E-state index contributed by atoms with van der Waals surface area (Å²) in [4.78, 5) is 0. The Morgan fingerprint density at radius 3 is 1.38 bits per heavy atom. The van der Waals surface area contributed by atoms with E-state index in [0.29, 0.717) is 12.5 Å². The van der Waals surface area contributed by atoms with Gasteiger partial charge in [-0.3, -0.25) is 8.85 Å². The Kier molecular flexibility index (Phi) is 17.2. The molecule has 1 atom stereocenters. The van der Waals surface area contributed by atoms with Gasteiger partial charge in [-0.15, -0.1) is 0 Å². The van der Waals surface area contributed by atoms with Crippen LogP contribution in [0.4, 0.5) is 0 Å². The predicted molar refractivity (Wildman–Crippen MR) is 149 cm³/mol. The third-order valence-electron chi connectivity index (χ3n) is 4.52. The molecule has 220 valence electrons. The van der Waals surface area contributed by atoms with Gasteiger partial charge in [0.2, 0.25) is 0 Å². The first-order chi connectivity index (χ1) is 17.2. The number of allylic oxidation sites excluding steroid dienone is 2. The summed E-state index contributed by atoms with van der Waals surface area (Å²) in [7, 11) is -2.11. The van der Waals surface area contributed by atoms with Crippen LogP contribution in [0.2, 0.25) is 6.04 Å². The molecule has 0 radical (unpaired) electrons. The van der Waals surface area contributed by atoms with Crippen molar-refractivity contribution in [2.75, 3.05) is 7.11 Å². The molecule has 0 aromatic carbocycles. The van der Waals surface area contributed by atoms with Crippen molar-refractivity contribution in [3.05, 3.63) is 24.7 Å². The number of hydrogen-bond acceptors (Lipinski definition) is 8. The highest BCUT2D eigenvalue weighted by molar-refractivity contribution is 6.60. The fourth-order valence-corrected chi connectivity index (χ4v) is 6.15. The number of ether oxygens (including phenoxy) is 5. The smallest absolute Gasteiger partial charge is 0.439 e. The van der Waals surface area contributed by atoms with Crippen LogP contribution in [0.3, 0.4) is 0 Å². The maximum Gasteiger partial charge on any atom is 0.512 e. The van der Waals surface area contributed by atoms with E-state index in [1.165, 1.54) is 0 Å². The largest absolute Gasteiger partial charge is 0.512 e. The van der Waals surface area contributed by atoms with Crippen molar-refractivity contribution in [2.24, 2.45) is 11.8 Å². The molecule has 9 heteroatoms. The molecule has 0 fully saturated rings. The zero-order valence-electron chi connectivity index (χ0n) is 25.8. The van der Waals surface area contributed by atoms with Crippen molar-refractivity contribution in [1.82, 2.24) is 0 Å². The highest BCUT2D eigenvalue weighted by atomic mass is 28.4. The lowest BCUT2D eigenvalue weighted by Gasteiger charge is -2.44. The van der Waals surface area contributed by atoms with Crippen LogP contribution in [0.25, 0.3) is 0 Å².